The van der Waals surface area contributed by atoms with Gasteiger partial charge in [-0.25, -0.2) is 17.9 Å². The van der Waals surface area contributed by atoms with E-state index in [-0.39, 0.29) is 23.1 Å². The minimum absolute atomic E-state index is 0.0162. The Morgan fingerprint density at radius 1 is 1.40 bits per heavy atom. The van der Waals surface area contributed by atoms with E-state index in [1.165, 1.54) is 24.1 Å². The van der Waals surface area contributed by atoms with E-state index in [9.17, 15) is 18.3 Å². The van der Waals surface area contributed by atoms with Crippen LogP contribution >= 0.6 is 0 Å². The summed E-state index contributed by atoms with van der Waals surface area (Å²) in [5, 5.41) is 22.6. The van der Waals surface area contributed by atoms with Gasteiger partial charge in [0.2, 0.25) is 10.0 Å². The number of carboxylic acid groups (broad SMARTS) is 1. The third-order valence-corrected chi connectivity index (χ3v) is 7.04. The molecule has 1 spiro atoms. The molecule has 2 heterocycles. The molecule has 2 atom stereocenters. The molecule has 168 valence electrons. The third kappa shape index (κ3) is 5.61. The van der Waals surface area contributed by atoms with Crippen LogP contribution < -0.4 is 14.8 Å². The van der Waals surface area contributed by atoms with E-state index >= 15 is 0 Å². The molecule has 3 rings (SSSR count). The van der Waals surface area contributed by atoms with E-state index in [0.29, 0.717) is 44.8 Å². The number of nitrogens with one attached hydrogen (secondary N) is 2. The van der Waals surface area contributed by atoms with Gasteiger partial charge in [0, 0.05) is 31.7 Å². The lowest BCUT2D eigenvalue weighted by molar-refractivity contribution is -0.0395. The lowest BCUT2D eigenvalue weighted by atomic mass is 9.87. The van der Waals surface area contributed by atoms with Crippen molar-refractivity contribution >= 4 is 16.1 Å². The lowest BCUT2D eigenvalue weighted by Gasteiger charge is -2.37. The number of aliphatic hydroxyl groups is 1. The molecule has 11 heteroatoms. The van der Waals surface area contributed by atoms with Crippen molar-refractivity contribution in [1.29, 1.82) is 0 Å². The first-order valence-corrected chi connectivity index (χ1v) is 11.4. The highest BCUT2D eigenvalue weighted by Crippen LogP contribution is 2.35. The van der Waals surface area contributed by atoms with E-state index < -0.39 is 22.2 Å². The number of rotatable bonds is 8. The summed E-state index contributed by atoms with van der Waals surface area (Å²) >= 11 is 0. The fourth-order valence-electron chi connectivity index (χ4n) is 3.83. The van der Waals surface area contributed by atoms with Gasteiger partial charge in [-0.2, -0.15) is 0 Å². The van der Waals surface area contributed by atoms with E-state index in [0.717, 1.165) is 6.42 Å². The number of hydrogen-bond donors (Lipinski definition) is 4. The van der Waals surface area contributed by atoms with Gasteiger partial charge in [0.05, 0.1) is 17.1 Å². The molecule has 0 aromatic heterocycles. The van der Waals surface area contributed by atoms with Crippen molar-refractivity contribution in [3.63, 3.8) is 0 Å². The SMILES string of the molecule is CNS(=O)(=O)c1cccc(OC[C@@H](O)CN[C@H]2COC3(CCN(C(=O)O)CC3)C2)c1. The molecule has 30 heavy (non-hydrogen) atoms. The van der Waals surface area contributed by atoms with E-state index in [1.54, 1.807) is 12.1 Å². The molecule has 0 aliphatic carbocycles. The lowest BCUT2D eigenvalue weighted by Crippen LogP contribution is -2.46. The van der Waals surface area contributed by atoms with Gasteiger partial charge in [-0.1, -0.05) is 6.07 Å². The van der Waals surface area contributed by atoms with E-state index in [1.807, 2.05) is 0 Å². The van der Waals surface area contributed by atoms with Gasteiger partial charge in [0.25, 0.3) is 0 Å². The monoisotopic (exact) mass is 443 g/mol. The Hall–Kier alpha value is -1.92. The van der Waals surface area contributed by atoms with Crippen molar-refractivity contribution in [1.82, 2.24) is 14.9 Å². The van der Waals surface area contributed by atoms with Crippen molar-refractivity contribution in [2.24, 2.45) is 0 Å². The van der Waals surface area contributed by atoms with Gasteiger partial charge in [0.1, 0.15) is 18.5 Å². The Balaban J connectivity index is 1.41. The van der Waals surface area contributed by atoms with Crippen LogP contribution in [0.2, 0.25) is 0 Å². The minimum Gasteiger partial charge on any atom is -0.491 e. The Morgan fingerprint density at radius 3 is 2.80 bits per heavy atom. The molecule has 4 N–H and O–H groups in total. The number of ether oxygens (including phenoxy) is 2. The third-order valence-electron chi connectivity index (χ3n) is 5.62. The Labute approximate surface area is 176 Å². The standard InChI is InChI=1S/C19H29N3O7S/c1-20-30(26,27)17-4-2-3-16(9-17)28-13-15(23)11-21-14-10-19(29-12-14)5-7-22(8-6-19)18(24)25/h2-4,9,14-15,20-21,23H,5-8,10-13H2,1H3,(H,24,25)/t14-,15+/m1/s1. The molecule has 0 unspecified atom stereocenters. The van der Waals surface area contributed by atoms with Crippen molar-refractivity contribution in [3.8, 4) is 5.75 Å². The number of carbonyl (C=O) groups is 1. The predicted octanol–water partition coefficient (Wildman–Crippen LogP) is 0.226. The molecule has 2 saturated heterocycles. The second-order valence-electron chi connectivity index (χ2n) is 7.72. The van der Waals surface area contributed by atoms with Crippen LogP contribution in [0.4, 0.5) is 4.79 Å². The summed E-state index contributed by atoms with van der Waals surface area (Å²) in [6.07, 6.45) is 0.455. The van der Waals surface area contributed by atoms with Gasteiger partial charge in [-0.05, 0) is 38.4 Å². The summed E-state index contributed by atoms with van der Waals surface area (Å²) in [5.41, 5.74) is -0.287. The zero-order valence-corrected chi connectivity index (χ0v) is 17.7. The molecule has 2 aliphatic heterocycles. The number of benzene rings is 1. The smallest absolute Gasteiger partial charge is 0.407 e. The Bertz CT molecular complexity index is 840. The molecule has 2 fully saturated rings. The number of amides is 1. The zero-order valence-electron chi connectivity index (χ0n) is 16.9. The summed E-state index contributed by atoms with van der Waals surface area (Å²) in [4.78, 5) is 12.6. The molecule has 10 nitrogen and oxygen atoms in total. The first kappa shape index (κ1) is 22.8. The first-order chi connectivity index (χ1) is 14.2. The zero-order chi connectivity index (χ0) is 21.8. The normalized spacial score (nSPS) is 22.2. The van der Waals surface area contributed by atoms with Crippen LogP contribution in [-0.2, 0) is 14.8 Å². The predicted molar refractivity (Wildman–Crippen MR) is 108 cm³/mol. The van der Waals surface area contributed by atoms with Crippen LogP contribution in [0.5, 0.6) is 5.75 Å². The maximum Gasteiger partial charge on any atom is 0.407 e. The van der Waals surface area contributed by atoms with Crippen molar-refractivity contribution < 1.29 is 32.9 Å². The maximum absolute atomic E-state index is 11.9. The molecular formula is C19H29N3O7S. The van der Waals surface area contributed by atoms with Crippen molar-refractivity contribution in [2.45, 2.75) is 41.9 Å². The molecule has 1 aromatic rings. The van der Waals surface area contributed by atoms with Crippen LogP contribution in [0.15, 0.2) is 29.2 Å². The number of hydrogen-bond acceptors (Lipinski definition) is 7. The average Bonchev–Trinajstić information content (AvgIpc) is 3.13. The van der Waals surface area contributed by atoms with Gasteiger partial charge >= 0.3 is 6.09 Å². The van der Waals surface area contributed by atoms with Gasteiger partial charge < -0.3 is 29.9 Å². The average molecular weight is 444 g/mol. The molecule has 0 bridgehead atoms. The van der Waals surface area contributed by atoms with Gasteiger partial charge in [0.15, 0.2) is 0 Å². The Morgan fingerprint density at radius 2 is 2.13 bits per heavy atom. The molecule has 1 amide bonds. The van der Waals surface area contributed by atoms with E-state index in [2.05, 4.69) is 10.0 Å². The summed E-state index contributed by atoms with van der Waals surface area (Å²) in [6, 6.07) is 6.17. The van der Waals surface area contributed by atoms with Crippen LogP contribution in [0.25, 0.3) is 0 Å². The van der Waals surface area contributed by atoms with Gasteiger partial charge in [-0.3, -0.25) is 0 Å². The molecule has 2 aliphatic rings. The highest BCUT2D eigenvalue weighted by molar-refractivity contribution is 7.89. The molecule has 0 saturated carbocycles. The summed E-state index contributed by atoms with van der Waals surface area (Å²) < 4.78 is 37.5. The Kier molecular flexibility index (Phi) is 7.19. The number of piperidine rings is 1. The molecular weight excluding hydrogens is 414 g/mol. The second-order valence-corrected chi connectivity index (χ2v) is 9.61. The number of aliphatic hydroxyl groups excluding tert-OH is 1. The molecule has 1 aromatic carbocycles. The number of likely N-dealkylation sites (tertiary alicyclic amines) is 1. The summed E-state index contributed by atoms with van der Waals surface area (Å²) in [6.45, 7) is 1.79. The number of nitrogens with zero attached hydrogens (tertiary/aromatic N) is 1. The highest BCUT2D eigenvalue weighted by Gasteiger charge is 2.43. The molecule has 0 radical (unpaired) electrons. The minimum atomic E-state index is -3.56. The fraction of sp³-hybridized carbons (Fsp3) is 0.632. The maximum atomic E-state index is 11.9. The van der Waals surface area contributed by atoms with Crippen LogP contribution in [0.1, 0.15) is 19.3 Å². The first-order valence-electron chi connectivity index (χ1n) is 9.93. The summed E-state index contributed by atoms with van der Waals surface area (Å²) in [5.74, 6) is 0.360. The van der Waals surface area contributed by atoms with Crippen LogP contribution in [0, 0.1) is 0 Å². The quantitative estimate of drug-likeness (QED) is 0.448. The number of sulfonamides is 1. The highest BCUT2D eigenvalue weighted by atomic mass is 32.2. The largest absolute Gasteiger partial charge is 0.491 e. The summed E-state index contributed by atoms with van der Waals surface area (Å²) in [7, 11) is -2.22. The van der Waals surface area contributed by atoms with E-state index in [4.69, 9.17) is 14.6 Å². The van der Waals surface area contributed by atoms with Crippen LogP contribution in [-0.4, -0.2) is 87.3 Å². The van der Waals surface area contributed by atoms with Crippen molar-refractivity contribution in [2.75, 3.05) is 39.9 Å². The van der Waals surface area contributed by atoms with Gasteiger partial charge in [-0.15, -0.1) is 0 Å². The topological polar surface area (TPSA) is 137 Å². The fourth-order valence-corrected chi connectivity index (χ4v) is 4.60. The second kappa shape index (κ2) is 9.48. The van der Waals surface area contributed by atoms with Crippen molar-refractivity contribution in [3.05, 3.63) is 24.3 Å². The van der Waals surface area contributed by atoms with Crippen LogP contribution in [0.3, 0.4) is 0 Å².